The number of hydrogen-bond donors (Lipinski definition) is 1. The maximum Gasteiger partial charge on any atom is 0.318 e. The van der Waals surface area contributed by atoms with Crippen LogP contribution in [0, 0.1) is 13.8 Å². The molecule has 0 radical (unpaired) electrons. The summed E-state index contributed by atoms with van der Waals surface area (Å²) in [5.74, 6) is 0.432. The lowest BCUT2D eigenvalue weighted by molar-refractivity contribution is -0.134. The Morgan fingerprint density at radius 1 is 1.14 bits per heavy atom. The van der Waals surface area contributed by atoms with Gasteiger partial charge in [0.1, 0.15) is 18.3 Å². The summed E-state index contributed by atoms with van der Waals surface area (Å²) in [6, 6.07) is 9.28. The molecule has 3 heterocycles. The van der Waals surface area contributed by atoms with Gasteiger partial charge in [-0.1, -0.05) is 12.1 Å². The molecule has 2 aliphatic heterocycles. The van der Waals surface area contributed by atoms with Gasteiger partial charge in [0.25, 0.3) is 5.91 Å². The largest absolute Gasteiger partial charge is 0.467 e. The number of furan rings is 1. The predicted octanol–water partition coefficient (Wildman–Crippen LogP) is 3.72. The zero-order valence-electron chi connectivity index (χ0n) is 22.6. The van der Waals surface area contributed by atoms with Gasteiger partial charge in [-0.25, -0.2) is 9.80 Å². The lowest BCUT2D eigenvalue weighted by atomic mass is 9.99. The van der Waals surface area contributed by atoms with Gasteiger partial charge < -0.3 is 19.4 Å². The van der Waals surface area contributed by atoms with Crippen molar-refractivity contribution in [2.24, 2.45) is 5.10 Å². The summed E-state index contributed by atoms with van der Waals surface area (Å²) in [7, 11) is 0. The molecule has 0 saturated carbocycles. The lowest BCUT2D eigenvalue weighted by Gasteiger charge is -2.32. The Morgan fingerprint density at radius 2 is 1.89 bits per heavy atom. The molecule has 2 aliphatic rings. The maximum absolute atomic E-state index is 13.7. The van der Waals surface area contributed by atoms with Gasteiger partial charge in [0.2, 0.25) is 0 Å². The molecule has 9 heteroatoms. The first-order valence-electron chi connectivity index (χ1n) is 13.0. The molecule has 1 atom stereocenters. The van der Waals surface area contributed by atoms with Crippen molar-refractivity contribution in [2.45, 2.75) is 52.6 Å². The molecule has 0 unspecified atom stereocenters. The third-order valence-corrected chi connectivity index (χ3v) is 6.76. The first-order valence-corrected chi connectivity index (χ1v) is 13.0. The zero-order valence-corrected chi connectivity index (χ0v) is 22.6. The fourth-order valence-electron chi connectivity index (χ4n) is 4.51. The van der Waals surface area contributed by atoms with E-state index in [1.807, 2.05) is 39.0 Å². The number of nitrogens with zero attached hydrogens (tertiary/aromatic N) is 4. The molecular weight excluding hydrogens is 470 g/mol. The molecular formula is C28H39N5O4. The Hall–Kier alpha value is -3.17. The summed E-state index contributed by atoms with van der Waals surface area (Å²) >= 11 is 0. The first kappa shape index (κ1) is 26.9. The fourth-order valence-corrected chi connectivity index (χ4v) is 4.51. The molecule has 0 spiro atoms. The number of aryl methyl sites for hydroxylation is 2. The maximum atomic E-state index is 13.7. The number of urea groups is 1. The highest BCUT2D eigenvalue weighted by Crippen LogP contribution is 2.33. The van der Waals surface area contributed by atoms with Crippen molar-refractivity contribution in [3.8, 4) is 0 Å². The highest BCUT2D eigenvalue weighted by molar-refractivity contribution is 6.03. The van der Waals surface area contributed by atoms with Crippen LogP contribution in [-0.2, 0) is 9.53 Å². The van der Waals surface area contributed by atoms with Crippen LogP contribution < -0.4 is 5.32 Å². The molecule has 37 heavy (non-hydrogen) atoms. The molecule has 4 rings (SSSR count). The first-order chi connectivity index (χ1) is 17.6. The number of carbonyl (C=O) groups excluding carboxylic acids is 2. The highest BCUT2D eigenvalue weighted by Gasteiger charge is 2.36. The molecule has 0 aliphatic carbocycles. The molecule has 1 aromatic heterocycles. The van der Waals surface area contributed by atoms with E-state index >= 15 is 0 Å². The van der Waals surface area contributed by atoms with Crippen LogP contribution in [0.15, 0.2) is 46.1 Å². The summed E-state index contributed by atoms with van der Waals surface area (Å²) in [4.78, 5) is 30.7. The number of hydrazone groups is 1. The van der Waals surface area contributed by atoms with Gasteiger partial charge in [0, 0.05) is 38.1 Å². The quantitative estimate of drug-likeness (QED) is 0.615. The van der Waals surface area contributed by atoms with E-state index in [0.29, 0.717) is 38.5 Å². The van der Waals surface area contributed by atoms with Crippen molar-refractivity contribution in [3.63, 3.8) is 0 Å². The minimum Gasteiger partial charge on any atom is -0.467 e. The Balaban J connectivity index is 1.55. The van der Waals surface area contributed by atoms with Crippen LogP contribution in [0.1, 0.15) is 55.7 Å². The number of benzene rings is 1. The van der Waals surface area contributed by atoms with Crippen molar-refractivity contribution in [3.05, 3.63) is 59.0 Å². The molecule has 1 fully saturated rings. The van der Waals surface area contributed by atoms with Gasteiger partial charge in [0.15, 0.2) is 0 Å². The van der Waals surface area contributed by atoms with Crippen LogP contribution in [0.25, 0.3) is 0 Å². The van der Waals surface area contributed by atoms with E-state index < -0.39 is 5.54 Å². The second kappa shape index (κ2) is 11.5. The third-order valence-electron chi connectivity index (χ3n) is 6.76. The van der Waals surface area contributed by atoms with Gasteiger partial charge in [-0.2, -0.15) is 5.10 Å². The number of amides is 3. The Labute approximate surface area is 219 Å². The Bertz CT molecular complexity index is 1120. The van der Waals surface area contributed by atoms with Crippen LogP contribution in [0.5, 0.6) is 0 Å². The number of morpholine rings is 1. The van der Waals surface area contributed by atoms with E-state index in [9.17, 15) is 9.59 Å². The van der Waals surface area contributed by atoms with Crippen LogP contribution in [0.4, 0.5) is 4.79 Å². The summed E-state index contributed by atoms with van der Waals surface area (Å²) in [5.41, 5.74) is 3.78. The molecule has 200 valence electrons. The number of carbonyl (C=O) groups is 2. The second-order valence-corrected chi connectivity index (χ2v) is 10.9. The van der Waals surface area contributed by atoms with E-state index in [2.05, 4.69) is 36.2 Å². The molecule has 9 nitrogen and oxygen atoms in total. The topological polar surface area (TPSA) is 90.6 Å². The standard InChI is InChI=1S/C28H39N5O4/c1-20-8-9-22(17-21(20)2)23-18-24(25-7-6-14-37-25)33(30-23)26(34)19-32(27(35)29-28(3,4)5)11-10-31-12-15-36-16-13-31/h6-9,14,17,24H,10-13,15-16,18-19H2,1-5H3,(H,29,35)/t24-/m0/s1. The van der Waals surface area contributed by atoms with Gasteiger partial charge in [0.05, 0.1) is 25.2 Å². The van der Waals surface area contributed by atoms with Crippen LogP contribution in [0.2, 0.25) is 0 Å². The number of hydrogen-bond acceptors (Lipinski definition) is 6. The van der Waals surface area contributed by atoms with Crippen molar-refractivity contribution in [2.75, 3.05) is 45.9 Å². The van der Waals surface area contributed by atoms with E-state index in [1.165, 1.54) is 16.1 Å². The number of rotatable bonds is 7. The normalized spacial score (nSPS) is 18.6. The van der Waals surface area contributed by atoms with E-state index in [-0.39, 0.29) is 24.5 Å². The van der Waals surface area contributed by atoms with Crippen molar-refractivity contribution >= 4 is 17.6 Å². The van der Waals surface area contributed by atoms with Crippen LogP contribution in [-0.4, -0.2) is 83.9 Å². The highest BCUT2D eigenvalue weighted by atomic mass is 16.5. The minimum atomic E-state index is -0.420. The van der Waals surface area contributed by atoms with Crippen LogP contribution in [0.3, 0.4) is 0 Å². The molecule has 1 N–H and O–H groups in total. The molecule has 3 amide bonds. The summed E-state index contributed by atoms with van der Waals surface area (Å²) in [6.45, 7) is 14.0. The molecule has 1 aromatic carbocycles. The smallest absolute Gasteiger partial charge is 0.318 e. The average Bonchev–Trinajstić information content (AvgIpc) is 3.53. The van der Waals surface area contributed by atoms with Crippen molar-refractivity contribution in [1.29, 1.82) is 0 Å². The summed E-state index contributed by atoms with van der Waals surface area (Å²) < 4.78 is 11.1. The second-order valence-electron chi connectivity index (χ2n) is 10.9. The fraction of sp³-hybridized carbons (Fsp3) is 0.536. The van der Waals surface area contributed by atoms with Gasteiger partial charge in [-0.15, -0.1) is 0 Å². The van der Waals surface area contributed by atoms with Gasteiger partial charge >= 0.3 is 6.03 Å². The zero-order chi connectivity index (χ0) is 26.6. The Morgan fingerprint density at radius 3 is 2.54 bits per heavy atom. The predicted molar refractivity (Wildman–Crippen MR) is 142 cm³/mol. The lowest BCUT2D eigenvalue weighted by Crippen LogP contribution is -2.53. The Kier molecular flexibility index (Phi) is 8.34. The van der Waals surface area contributed by atoms with Crippen molar-refractivity contribution < 1.29 is 18.7 Å². The van der Waals surface area contributed by atoms with Crippen LogP contribution >= 0.6 is 0 Å². The van der Waals surface area contributed by atoms with Gasteiger partial charge in [-0.3, -0.25) is 9.69 Å². The van der Waals surface area contributed by atoms with E-state index in [4.69, 9.17) is 14.3 Å². The molecule has 2 aromatic rings. The molecule has 0 bridgehead atoms. The number of ether oxygens (including phenoxy) is 1. The van der Waals surface area contributed by atoms with E-state index in [0.717, 1.165) is 24.4 Å². The SMILES string of the molecule is Cc1ccc(C2=NN(C(=O)CN(CCN3CCOCC3)C(=O)NC(C)(C)C)[C@H](c3ccco3)C2)cc1C. The minimum absolute atomic E-state index is 0.0762. The van der Waals surface area contributed by atoms with E-state index in [1.54, 1.807) is 11.2 Å². The number of nitrogens with one attached hydrogen (secondary N) is 1. The average molecular weight is 510 g/mol. The summed E-state index contributed by atoms with van der Waals surface area (Å²) in [5, 5.41) is 9.26. The monoisotopic (exact) mass is 509 g/mol. The third kappa shape index (κ3) is 6.99. The van der Waals surface area contributed by atoms with Gasteiger partial charge in [-0.05, 0) is 69.5 Å². The summed E-state index contributed by atoms with van der Waals surface area (Å²) in [6.07, 6.45) is 2.15. The molecule has 1 saturated heterocycles. The van der Waals surface area contributed by atoms with Crippen molar-refractivity contribution in [1.82, 2.24) is 20.1 Å².